The van der Waals surface area contributed by atoms with Crippen LogP contribution in [-0.4, -0.2) is 68.6 Å². The summed E-state index contributed by atoms with van der Waals surface area (Å²) in [6.45, 7) is 2.21. The lowest BCUT2D eigenvalue weighted by Crippen LogP contribution is -2.52. The lowest BCUT2D eigenvalue weighted by Gasteiger charge is -2.30. The second-order valence-electron chi connectivity index (χ2n) is 5.42. The molecule has 0 aromatic carbocycles. The molecular formula is C14H20O11. The van der Waals surface area contributed by atoms with Gasteiger partial charge in [-0.05, 0) is 20.3 Å². The Kier molecular flexibility index (Phi) is 8.16. The number of carboxylic acids is 2. The molecule has 0 saturated heterocycles. The third kappa shape index (κ3) is 6.47. The topological polar surface area (TPSA) is 185 Å². The SMILES string of the molecule is CC(=O)OCCC(C(=O)OC(=O)C(C)O)C(C(=O)O)C(C)(O)C(=O)O. The monoisotopic (exact) mass is 364 g/mol. The van der Waals surface area contributed by atoms with Gasteiger partial charge in [-0.3, -0.25) is 14.4 Å². The zero-order valence-corrected chi connectivity index (χ0v) is 13.8. The Balaban J connectivity index is 5.68. The third-order valence-electron chi connectivity index (χ3n) is 3.29. The van der Waals surface area contributed by atoms with Gasteiger partial charge in [-0.2, -0.15) is 0 Å². The van der Waals surface area contributed by atoms with Crippen molar-refractivity contribution < 1.29 is 53.9 Å². The maximum Gasteiger partial charge on any atom is 0.342 e. The minimum absolute atomic E-state index is 0.489. The van der Waals surface area contributed by atoms with Gasteiger partial charge in [0, 0.05) is 6.92 Å². The molecule has 25 heavy (non-hydrogen) atoms. The minimum atomic E-state index is -2.89. The van der Waals surface area contributed by atoms with E-state index in [9.17, 15) is 34.2 Å². The van der Waals surface area contributed by atoms with Crippen LogP contribution in [0.4, 0.5) is 0 Å². The molecule has 4 atom stereocenters. The molecule has 142 valence electrons. The number of carbonyl (C=O) groups is 5. The molecule has 0 bridgehead atoms. The van der Waals surface area contributed by atoms with Crippen LogP contribution in [0.3, 0.4) is 0 Å². The first kappa shape index (κ1) is 22.5. The smallest absolute Gasteiger partial charge is 0.342 e. The van der Waals surface area contributed by atoms with Gasteiger partial charge in [-0.1, -0.05) is 0 Å². The Morgan fingerprint density at radius 3 is 1.96 bits per heavy atom. The first-order valence-electron chi connectivity index (χ1n) is 7.07. The average Bonchev–Trinajstić information content (AvgIpc) is 2.44. The van der Waals surface area contributed by atoms with E-state index in [0.717, 1.165) is 13.8 Å². The normalized spacial score (nSPS) is 16.7. The van der Waals surface area contributed by atoms with Gasteiger partial charge in [0.1, 0.15) is 12.0 Å². The van der Waals surface area contributed by atoms with Crippen molar-refractivity contribution in [1.29, 1.82) is 0 Å². The number of aliphatic hydroxyl groups is 2. The molecule has 0 aliphatic rings. The number of aliphatic carboxylic acids is 2. The van der Waals surface area contributed by atoms with Crippen molar-refractivity contribution in [2.24, 2.45) is 11.8 Å². The highest BCUT2D eigenvalue weighted by atomic mass is 16.6. The number of carboxylic acid groups (broad SMARTS) is 2. The van der Waals surface area contributed by atoms with Crippen molar-refractivity contribution >= 4 is 29.8 Å². The van der Waals surface area contributed by atoms with Crippen LogP contribution in [0.15, 0.2) is 0 Å². The highest BCUT2D eigenvalue weighted by molar-refractivity contribution is 5.93. The van der Waals surface area contributed by atoms with Gasteiger partial charge < -0.3 is 29.9 Å². The van der Waals surface area contributed by atoms with Crippen LogP contribution in [0.1, 0.15) is 27.2 Å². The van der Waals surface area contributed by atoms with Crippen LogP contribution in [0.25, 0.3) is 0 Å². The zero-order chi connectivity index (χ0) is 19.9. The van der Waals surface area contributed by atoms with E-state index in [-0.39, 0.29) is 0 Å². The largest absolute Gasteiger partial charge is 0.481 e. The summed E-state index contributed by atoms with van der Waals surface area (Å²) in [5, 5.41) is 37.3. The summed E-state index contributed by atoms with van der Waals surface area (Å²) in [4.78, 5) is 56.8. The molecule has 0 spiro atoms. The third-order valence-corrected chi connectivity index (χ3v) is 3.29. The number of hydrogen-bond donors (Lipinski definition) is 4. The molecule has 11 nitrogen and oxygen atoms in total. The molecule has 4 N–H and O–H groups in total. The second-order valence-corrected chi connectivity index (χ2v) is 5.42. The molecule has 0 rings (SSSR count). The standard InChI is InChI=1S/C14H20O11/c1-6(15)11(19)25-12(20)8(4-5-24-7(2)16)9(10(17)18)14(3,23)13(21)22/h6,8-9,15,23H,4-5H2,1-3H3,(H,17,18)(H,21,22). The first-order valence-corrected chi connectivity index (χ1v) is 7.07. The highest BCUT2D eigenvalue weighted by Crippen LogP contribution is 2.30. The predicted molar refractivity (Wildman–Crippen MR) is 76.9 cm³/mol. The molecule has 0 aliphatic heterocycles. The fourth-order valence-electron chi connectivity index (χ4n) is 1.95. The van der Waals surface area contributed by atoms with Crippen LogP contribution in [0.5, 0.6) is 0 Å². The Morgan fingerprint density at radius 1 is 1.08 bits per heavy atom. The van der Waals surface area contributed by atoms with Gasteiger partial charge in [0.2, 0.25) is 0 Å². The van der Waals surface area contributed by atoms with Crippen LogP contribution in [-0.2, 0) is 33.4 Å². The van der Waals surface area contributed by atoms with Crippen molar-refractivity contribution in [3.63, 3.8) is 0 Å². The molecule has 0 aromatic heterocycles. The summed E-state index contributed by atoms with van der Waals surface area (Å²) in [6, 6.07) is 0. The van der Waals surface area contributed by atoms with Gasteiger partial charge in [0.05, 0.1) is 12.5 Å². The van der Waals surface area contributed by atoms with E-state index in [0.29, 0.717) is 6.92 Å². The van der Waals surface area contributed by atoms with E-state index in [4.69, 9.17) is 10.2 Å². The van der Waals surface area contributed by atoms with E-state index in [1.807, 2.05) is 0 Å². The maximum atomic E-state index is 12.1. The Hall–Kier alpha value is -2.53. The van der Waals surface area contributed by atoms with Crippen molar-refractivity contribution in [3.8, 4) is 0 Å². The molecule has 4 unspecified atom stereocenters. The summed E-state index contributed by atoms with van der Waals surface area (Å²) >= 11 is 0. The number of esters is 3. The van der Waals surface area contributed by atoms with E-state index < -0.39 is 66.4 Å². The molecule has 0 heterocycles. The van der Waals surface area contributed by atoms with Gasteiger partial charge in [0.15, 0.2) is 5.60 Å². The predicted octanol–water partition coefficient (Wildman–Crippen LogP) is -1.46. The molecule has 0 fully saturated rings. The quantitative estimate of drug-likeness (QED) is 0.277. The first-order chi connectivity index (χ1) is 11.3. The molecule has 0 aliphatic carbocycles. The summed E-state index contributed by atoms with van der Waals surface area (Å²) in [5.41, 5.74) is -2.89. The fraction of sp³-hybridized carbons (Fsp3) is 0.643. The van der Waals surface area contributed by atoms with Crippen LogP contribution < -0.4 is 0 Å². The Labute approximate surface area is 142 Å². The van der Waals surface area contributed by atoms with E-state index in [2.05, 4.69) is 9.47 Å². The summed E-state index contributed by atoms with van der Waals surface area (Å²) in [6.07, 6.45) is -2.23. The van der Waals surface area contributed by atoms with Crippen LogP contribution >= 0.6 is 0 Å². The van der Waals surface area contributed by atoms with E-state index in [1.165, 1.54) is 0 Å². The molecule has 0 saturated carbocycles. The molecular weight excluding hydrogens is 344 g/mol. The van der Waals surface area contributed by atoms with Gasteiger partial charge in [0.25, 0.3) is 0 Å². The van der Waals surface area contributed by atoms with Crippen molar-refractivity contribution in [1.82, 2.24) is 0 Å². The number of ether oxygens (including phenoxy) is 2. The lowest BCUT2D eigenvalue weighted by atomic mass is 9.77. The molecule has 0 radical (unpaired) electrons. The second kappa shape index (κ2) is 9.08. The van der Waals surface area contributed by atoms with Crippen molar-refractivity contribution in [2.75, 3.05) is 6.61 Å². The number of aliphatic hydroxyl groups excluding tert-OH is 1. The summed E-state index contributed by atoms with van der Waals surface area (Å²) in [5.74, 6) is -11.4. The van der Waals surface area contributed by atoms with Crippen molar-refractivity contribution in [2.45, 2.75) is 38.9 Å². The van der Waals surface area contributed by atoms with Gasteiger partial charge in [-0.15, -0.1) is 0 Å². The fourth-order valence-corrected chi connectivity index (χ4v) is 1.95. The maximum absolute atomic E-state index is 12.1. The number of carbonyl (C=O) groups excluding carboxylic acids is 3. The lowest BCUT2D eigenvalue weighted by molar-refractivity contribution is -0.184. The summed E-state index contributed by atoms with van der Waals surface area (Å²) < 4.78 is 8.88. The highest BCUT2D eigenvalue weighted by Gasteiger charge is 2.51. The van der Waals surface area contributed by atoms with Gasteiger partial charge >= 0.3 is 29.8 Å². The van der Waals surface area contributed by atoms with Crippen LogP contribution in [0.2, 0.25) is 0 Å². The number of rotatable bonds is 9. The summed E-state index contributed by atoms with van der Waals surface area (Å²) in [7, 11) is 0. The Bertz CT molecular complexity index is 549. The Morgan fingerprint density at radius 2 is 1.60 bits per heavy atom. The molecule has 0 aromatic rings. The molecule has 0 amide bonds. The average molecular weight is 364 g/mol. The zero-order valence-electron chi connectivity index (χ0n) is 13.8. The number of hydrogen-bond acceptors (Lipinski definition) is 9. The molecule has 11 heteroatoms. The minimum Gasteiger partial charge on any atom is -0.481 e. The van der Waals surface area contributed by atoms with Crippen LogP contribution in [0, 0.1) is 11.8 Å². The van der Waals surface area contributed by atoms with Gasteiger partial charge in [-0.25, -0.2) is 9.59 Å². The van der Waals surface area contributed by atoms with Crippen molar-refractivity contribution in [3.05, 3.63) is 0 Å². The van der Waals surface area contributed by atoms with E-state index in [1.54, 1.807) is 0 Å². The van der Waals surface area contributed by atoms with E-state index >= 15 is 0 Å².